The van der Waals surface area contributed by atoms with Gasteiger partial charge in [0.25, 0.3) is 20.2 Å². The lowest BCUT2D eigenvalue weighted by Gasteiger charge is -2.09. The van der Waals surface area contributed by atoms with Crippen LogP contribution in [0.15, 0.2) is 11.1 Å². The number of hydrogen-bond acceptors (Lipinski definition) is 6. The molecule has 2 amide bonds. The lowest BCUT2D eigenvalue weighted by atomic mass is 10.0. The van der Waals surface area contributed by atoms with E-state index in [4.69, 9.17) is 20.6 Å². The summed E-state index contributed by atoms with van der Waals surface area (Å²) in [6, 6.07) is 0. The molecular formula is C8H14N2O8S2. The highest BCUT2D eigenvalue weighted by molar-refractivity contribution is 7.86. The van der Waals surface area contributed by atoms with Gasteiger partial charge in [0, 0.05) is 11.1 Å². The van der Waals surface area contributed by atoms with Gasteiger partial charge < -0.3 is 11.5 Å². The molecule has 0 aliphatic heterocycles. The Labute approximate surface area is 115 Å². The highest BCUT2D eigenvalue weighted by Gasteiger charge is 2.21. The number of hydrogen-bond donors (Lipinski definition) is 4. The van der Waals surface area contributed by atoms with Crippen molar-refractivity contribution in [2.75, 3.05) is 11.5 Å². The third-order valence-corrected chi connectivity index (χ3v) is 3.62. The van der Waals surface area contributed by atoms with Gasteiger partial charge >= 0.3 is 0 Å². The maximum Gasteiger partial charge on any atom is 0.265 e. The van der Waals surface area contributed by atoms with E-state index >= 15 is 0 Å². The van der Waals surface area contributed by atoms with Crippen molar-refractivity contribution >= 4 is 32.1 Å². The smallest absolute Gasteiger partial charge is 0.265 e. The van der Waals surface area contributed by atoms with Crippen molar-refractivity contribution in [3.8, 4) is 0 Å². The van der Waals surface area contributed by atoms with Gasteiger partial charge in [-0.3, -0.25) is 18.7 Å². The third-order valence-electron chi connectivity index (χ3n) is 2.18. The fraction of sp³-hybridized carbons (Fsp3) is 0.500. The lowest BCUT2D eigenvalue weighted by molar-refractivity contribution is -0.117. The first-order chi connectivity index (χ1) is 8.83. The Hall–Kier alpha value is -1.50. The minimum absolute atomic E-state index is 0.515. The van der Waals surface area contributed by atoms with Crippen LogP contribution in [0.25, 0.3) is 0 Å². The van der Waals surface area contributed by atoms with E-state index < -0.39 is 67.5 Å². The van der Waals surface area contributed by atoms with Crippen LogP contribution < -0.4 is 11.5 Å². The Balaban J connectivity index is 5.45. The molecule has 0 bridgehead atoms. The van der Waals surface area contributed by atoms with E-state index in [9.17, 15) is 26.4 Å². The fourth-order valence-corrected chi connectivity index (χ4v) is 2.23. The highest BCUT2D eigenvalue weighted by atomic mass is 32.2. The number of rotatable bonds is 8. The van der Waals surface area contributed by atoms with Crippen LogP contribution in [-0.4, -0.2) is 49.3 Å². The van der Waals surface area contributed by atoms with Crippen LogP contribution in [-0.2, 0) is 29.8 Å². The van der Waals surface area contributed by atoms with Crippen LogP contribution in [0.3, 0.4) is 0 Å². The van der Waals surface area contributed by atoms with Crippen LogP contribution in [0.2, 0.25) is 0 Å². The van der Waals surface area contributed by atoms with Crippen molar-refractivity contribution < 1.29 is 35.5 Å². The molecule has 0 atom stereocenters. The summed E-state index contributed by atoms with van der Waals surface area (Å²) in [4.78, 5) is 22.3. The van der Waals surface area contributed by atoms with Gasteiger partial charge in [0.2, 0.25) is 11.8 Å². The van der Waals surface area contributed by atoms with Gasteiger partial charge in [-0.25, -0.2) is 0 Å². The van der Waals surface area contributed by atoms with E-state index in [1.165, 1.54) is 0 Å². The SMILES string of the molecule is NC(=O)/C(CCS(=O)(=O)O)=C(/CCS(=O)(=O)O)C(N)=O. The first-order valence-corrected chi connectivity index (χ1v) is 8.27. The first kappa shape index (κ1) is 18.5. The minimum atomic E-state index is -4.42. The predicted octanol–water partition coefficient (Wildman–Crippen LogP) is -2.19. The molecule has 0 aromatic heterocycles. The van der Waals surface area contributed by atoms with E-state index in [0.717, 1.165) is 0 Å². The number of nitrogens with two attached hydrogens (primary N) is 2. The molecule has 0 radical (unpaired) electrons. The molecule has 12 heteroatoms. The van der Waals surface area contributed by atoms with Gasteiger partial charge in [-0.1, -0.05) is 0 Å². The molecule has 0 spiro atoms. The van der Waals surface area contributed by atoms with Gasteiger partial charge in [0.05, 0.1) is 11.5 Å². The van der Waals surface area contributed by atoms with E-state index in [1.54, 1.807) is 0 Å². The maximum absolute atomic E-state index is 11.2. The fourth-order valence-electron chi connectivity index (χ4n) is 1.31. The van der Waals surface area contributed by atoms with Gasteiger partial charge in [-0.15, -0.1) is 0 Å². The summed E-state index contributed by atoms with van der Waals surface area (Å²) < 4.78 is 59.5. The average Bonchev–Trinajstić information content (AvgIpc) is 2.18. The Morgan fingerprint density at radius 1 is 0.750 bits per heavy atom. The molecule has 0 saturated carbocycles. The van der Waals surface area contributed by atoms with E-state index in [0.29, 0.717) is 0 Å². The van der Waals surface area contributed by atoms with Crippen molar-refractivity contribution in [3.05, 3.63) is 11.1 Å². The van der Waals surface area contributed by atoms with E-state index in [1.807, 2.05) is 0 Å². The minimum Gasteiger partial charge on any atom is -0.366 e. The van der Waals surface area contributed by atoms with Gasteiger partial charge in [0.1, 0.15) is 0 Å². The van der Waals surface area contributed by atoms with Crippen LogP contribution in [0.5, 0.6) is 0 Å². The van der Waals surface area contributed by atoms with Gasteiger partial charge in [0.15, 0.2) is 0 Å². The summed E-state index contributed by atoms with van der Waals surface area (Å²) in [5.74, 6) is -4.16. The molecule has 0 rings (SSSR count). The Morgan fingerprint density at radius 2 is 1.00 bits per heavy atom. The lowest BCUT2D eigenvalue weighted by Crippen LogP contribution is -2.25. The first-order valence-electron chi connectivity index (χ1n) is 5.05. The van der Waals surface area contributed by atoms with Crippen LogP contribution >= 0.6 is 0 Å². The second kappa shape index (κ2) is 6.78. The van der Waals surface area contributed by atoms with Gasteiger partial charge in [-0.05, 0) is 12.8 Å². The summed E-state index contributed by atoms with van der Waals surface area (Å²) in [7, 11) is -8.83. The second-order valence-corrected chi connectivity index (χ2v) is 6.90. The quantitative estimate of drug-likeness (QED) is 0.284. The van der Waals surface area contributed by atoms with Crippen molar-refractivity contribution in [1.29, 1.82) is 0 Å². The molecule has 0 aliphatic carbocycles. The Morgan fingerprint density at radius 3 is 1.15 bits per heavy atom. The van der Waals surface area contributed by atoms with Crippen molar-refractivity contribution in [1.82, 2.24) is 0 Å². The number of carbonyl (C=O) groups excluding carboxylic acids is 2. The van der Waals surface area contributed by atoms with Crippen LogP contribution in [0.1, 0.15) is 12.8 Å². The number of carbonyl (C=O) groups is 2. The second-order valence-electron chi connectivity index (χ2n) is 3.76. The number of amides is 2. The summed E-state index contributed by atoms with van der Waals surface area (Å²) in [5, 5.41) is 0. The van der Waals surface area contributed by atoms with Crippen molar-refractivity contribution in [3.63, 3.8) is 0 Å². The highest BCUT2D eigenvalue weighted by Crippen LogP contribution is 2.14. The zero-order valence-corrected chi connectivity index (χ0v) is 11.8. The Kier molecular flexibility index (Phi) is 6.28. The predicted molar refractivity (Wildman–Crippen MR) is 67.5 cm³/mol. The van der Waals surface area contributed by atoms with Crippen molar-refractivity contribution in [2.45, 2.75) is 12.8 Å². The molecule has 0 fully saturated rings. The third kappa shape index (κ3) is 7.83. The Bertz CT molecular complexity index is 575. The molecular weight excluding hydrogens is 316 g/mol. The van der Waals surface area contributed by atoms with Crippen molar-refractivity contribution in [2.24, 2.45) is 11.5 Å². The molecule has 6 N–H and O–H groups in total. The zero-order chi connectivity index (χ0) is 16.1. The molecule has 0 aromatic rings. The standard InChI is InChI=1S/C8H14N2O8S2/c9-7(11)5(1-3-19(13,14)15)6(8(10)12)2-4-20(16,17)18/h1-4H2,(H2,9,11)(H2,10,12)(H,13,14,15)(H,16,17,18)/b6-5-. The monoisotopic (exact) mass is 330 g/mol. The van der Waals surface area contributed by atoms with E-state index in [2.05, 4.69) is 0 Å². The van der Waals surface area contributed by atoms with Crippen LogP contribution in [0, 0.1) is 0 Å². The normalized spacial score (nSPS) is 13.7. The molecule has 0 heterocycles. The summed E-state index contributed by atoms with van der Waals surface area (Å²) >= 11 is 0. The molecule has 20 heavy (non-hydrogen) atoms. The summed E-state index contributed by atoms with van der Waals surface area (Å²) in [6.45, 7) is 0. The molecule has 0 aromatic carbocycles. The molecule has 0 aliphatic rings. The number of primary amides is 2. The zero-order valence-electron chi connectivity index (χ0n) is 10.1. The maximum atomic E-state index is 11.2. The molecule has 0 unspecified atom stereocenters. The largest absolute Gasteiger partial charge is 0.366 e. The molecule has 116 valence electrons. The molecule has 0 saturated heterocycles. The summed E-state index contributed by atoms with van der Waals surface area (Å²) in [6.07, 6.45) is -1.23. The topological polar surface area (TPSA) is 195 Å². The average molecular weight is 330 g/mol. The van der Waals surface area contributed by atoms with Gasteiger partial charge in [-0.2, -0.15) is 16.8 Å². The molecule has 10 nitrogen and oxygen atoms in total. The van der Waals surface area contributed by atoms with Crippen LogP contribution in [0.4, 0.5) is 0 Å². The van der Waals surface area contributed by atoms with E-state index in [-0.39, 0.29) is 0 Å². The summed E-state index contributed by atoms with van der Waals surface area (Å²) in [5.41, 5.74) is 8.87.